The zero-order valence-corrected chi connectivity index (χ0v) is 79.8. The number of aromatic nitrogens is 1. The molecular weight excluding hydrogens is 1960 g/mol. The van der Waals surface area contributed by atoms with Gasteiger partial charge in [-0.25, -0.2) is 0 Å². The van der Waals surface area contributed by atoms with E-state index >= 15 is 0 Å². The van der Waals surface area contributed by atoms with Gasteiger partial charge in [0, 0.05) is 122 Å². The Balaban J connectivity index is -0.000000753. The molecule has 0 unspecified atom stereocenters. The van der Waals surface area contributed by atoms with Gasteiger partial charge in [-0.3, -0.25) is 19.5 Å². The lowest BCUT2D eigenvalue weighted by Gasteiger charge is -2.37. The third-order valence-electron chi connectivity index (χ3n) is 17.9. The third-order valence-corrected chi connectivity index (χ3v) is 20.4. The van der Waals surface area contributed by atoms with E-state index in [1.807, 2.05) is 56.3 Å². The summed E-state index contributed by atoms with van der Waals surface area (Å²) in [6, 6.07) is 16.4. The highest BCUT2D eigenvalue weighted by molar-refractivity contribution is 7.99. The number of esters is 1. The molecule has 782 valence electrons. The van der Waals surface area contributed by atoms with Gasteiger partial charge >= 0.3 is 5.97 Å². The van der Waals surface area contributed by atoms with Gasteiger partial charge in [0.15, 0.2) is 0 Å². The number of amides is 1. The summed E-state index contributed by atoms with van der Waals surface area (Å²) in [6.45, 7) is 14.7. The van der Waals surface area contributed by atoms with Gasteiger partial charge < -0.3 is 106 Å². The number of likely N-dealkylation sites (N-methyl/N-ethyl adjacent to an activating group) is 1. The van der Waals surface area contributed by atoms with Crippen LogP contribution in [0.5, 0.6) is 0 Å². The van der Waals surface area contributed by atoms with Crippen molar-refractivity contribution in [1.82, 2.24) is 30.7 Å². The highest BCUT2D eigenvalue weighted by Gasteiger charge is 2.36. The first-order valence-electron chi connectivity index (χ1n) is 40.7. The molecular formula is C70H120Cl3N23O39S2. The molecule has 67 heteroatoms. The molecule has 0 radical (unpaired) electrons. The maximum absolute atomic E-state index is 12.5. The second-order valence-electron chi connectivity index (χ2n) is 29.9. The van der Waals surface area contributed by atoms with E-state index in [2.05, 4.69) is 100 Å². The number of benzene rings is 2. The van der Waals surface area contributed by atoms with Gasteiger partial charge in [0.05, 0.1) is 63.8 Å². The molecule has 4 heterocycles. The molecule has 0 spiro atoms. The van der Waals surface area contributed by atoms with Crippen LogP contribution in [0.15, 0.2) is 76.2 Å². The minimum absolute atomic E-state index is 0. The third kappa shape index (κ3) is 77.9. The maximum atomic E-state index is 12.5. The van der Waals surface area contributed by atoms with Crippen molar-refractivity contribution in [2.75, 3.05) is 179 Å². The van der Waals surface area contributed by atoms with E-state index in [9.17, 15) is 131 Å². The number of nitroso groups, excluding NO2 is 2. The van der Waals surface area contributed by atoms with Crippen molar-refractivity contribution >= 4 is 71.4 Å². The van der Waals surface area contributed by atoms with Crippen LogP contribution >= 0.6 is 59.5 Å². The molecule has 3 aromatic rings. The molecule has 0 bridgehead atoms. The van der Waals surface area contributed by atoms with Gasteiger partial charge in [0.2, 0.25) is 0 Å². The van der Waals surface area contributed by atoms with Gasteiger partial charge in [-0.2, -0.15) is 0 Å². The molecule has 0 aliphatic carbocycles. The van der Waals surface area contributed by atoms with Crippen molar-refractivity contribution in [2.24, 2.45) is 43.4 Å². The maximum Gasteiger partial charge on any atom is 0.310 e. The van der Waals surface area contributed by atoms with Gasteiger partial charge in [-0.1, -0.05) is 67.4 Å². The zero-order valence-electron chi connectivity index (χ0n) is 75.9. The Bertz CT molecular complexity index is 3850. The Kier molecular flexibility index (Phi) is 75.0. The summed E-state index contributed by atoms with van der Waals surface area (Å²) in [5, 5.41) is 107. The lowest BCUT2D eigenvalue weighted by molar-refractivity contribution is -0.778. The first-order chi connectivity index (χ1) is 64.1. The molecule has 1 amide bonds. The molecule has 62 nitrogen and oxygen atoms in total. The van der Waals surface area contributed by atoms with Crippen LogP contribution in [0.4, 0.5) is 0 Å². The second-order valence-corrected chi connectivity index (χ2v) is 33.4. The number of hydrogen-bond acceptors (Lipinski definition) is 52. The molecule has 0 saturated carbocycles. The smallest absolute Gasteiger partial charge is 0.310 e. The van der Waals surface area contributed by atoms with Crippen molar-refractivity contribution in [2.45, 2.75) is 138 Å². The molecule has 137 heavy (non-hydrogen) atoms. The molecule has 3 fully saturated rings. The number of carbonyl (C=O) groups excluding carboxylic acids is 2. The van der Waals surface area contributed by atoms with E-state index < -0.39 is 86.9 Å². The van der Waals surface area contributed by atoms with Crippen molar-refractivity contribution in [1.29, 1.82) is 0 Å². The normalized spacial score (nSPS) is 13.1. The largest absolute Gasteiger partial charge is 0.465 e. The summed E-state index contributed by atoms with van der Waals surface area (Å²) in [5.74, 6) is -0.0221. The number of likely N-dealkylation sites (tertiary alicyclic amines) is 1. The summed E-state index contributed by atoms with van der Waals surface area (Å²) in [7, 11) is 3.76. The number of nitrogens with one attached hydrogen (secondary N) is 3. The van der Waals surface area contributed by atoms with E-state index in [0.717, 1.165) is 132 Å². The Hall–Kier alpha value is -11.9. The summed E-state index contributed by atoms with van der Waals surface area (Å²) in [6.07, 6.45) is 11.1. The first-order valence-corrected chi connectivity index (χ1v) is 43.0. The molecule has 3 aliphatic rings. The fraction of sp³-hybridized carbons (Fsp3) is 0.729. The van der Waals surface area contributed by atoms with Gasteiger partial charge in [0.25, 0.3) is 61.9 Å². The molecule has 1 aromatic heterocycles. The van der Waals surface area contributed by atoms with E-state index in [-0.39, 0.29) is 118 Å². The minimum Gasteiger partial charge on any atom is -0.465 e. The number of piperidine rings is 2. The average Bonchev–Trinajstić information content (AvgIpc) is 0.831. The van der Waals surface area contributed by atoms with Crippen LogP contribution in [-0.4, -0.2) is 282 Å². The lowest BCUT2D eigenvalue weighted by atomic mass is 9.85. The molecule has 3 saturated heterocycles. The monoisotopic (exact) mass is 2080 g/mol. The number of ether oxygens (including phenoxy) is 2. The van der Waals surface area contributed by atoms with Crippen LogP contribution in [-0.2, 0) is 80.3 Å². The number of hydrogen-bond donors (Lipinski definition) is 7. The number of pyridine rings is 1. The van der Waals surface area contributed by atoms with E-state index in [1.54, 1.807) is 39.2 Å². The summed E-state index contributed by atoms with van der Waals surface area (Å²) >= 11 is 14.8. The quantitative estimate of drug-likeness (QED) is 0.00828. The predicted octanol–water partition coefficient (Wildman–Crippen LogP) is 6.18. The zero-order chi connectivity index (χ0) is 103. The highest BCUT2D eigenvalue weighted by atomic mass is 35.5. The van der Waals surface area contributed by atoms with Crippen molar-refractivity contribution in [3.8, 4) is 0 Å². The Labute approximate surface area is 807 Å². The van der Waals surface area contributed by atoms with Crippen molar-refractivity contribution in [3.63, 3.8) is 0 Å². The summed E-state index contributed by atoms with van der Waals surface area (Å²) in [4.78, 5) is 205. The van der Waals surface area contributed by atoms with E-state index in [0.29, 0.717) is 86.0 Å². The fourth-order valence-corrected chi connectivity index (χ4v) is 12.7. The highest BCUT2D eigenvalue weighted by Crippen LogP contribution is 2.40. The lowest BCUT2D eigenvalue weighted by Crippen LogP contribution is -2.54. The minimum atomic E-state index is -1.90. The van der Waals surface area contributed by atoms with Crippen LogP contribution in [0.25, 0.3) is 0 Å². The first kappa shape index (κ1) is 131. The topological polar surface area (TPSA) is 847 Å². The number of nitrogens with two attached hydrogens (primary N) is 4. The van der Waals surface area contributed by atoms with E-state index in [4.69, 9.17) is 55.6 Å². The number of halogens is 3. The number of morpholine rings is 1. The summed E-state index contributed by atoms with van der Waals surface area (Å²) in [5.41, 5.74) is 21.8. The van der Waals surface area contributed by atoms with Gasteiger partial charge in [-0.05, 0) is 185 Å². The standard InChI is InChI=1S/C23H26Cl2N2O3S.C10H20N4O9.C8H9N3O4.C8H16N2O2S.C7H14N2O3.C5H12N2O3.C4H8N4O9.C3H8N2O3.C2H6N2O3.ClH/c1-27-12-9-23(10-13-27,31-26-29)11-14-30-22(28)16-18-6-3-2-5-17(18)15-19-20(24)7-4-8-21(19)25;11-10(4-1-7-21-12(15)16,5-2-8-22-13(17)18)6-3-9-23-14(19)20;12-8(7-2-1-3-9-6-7)10-4-5-15-11(13)14;1-8(2,13-9-11)7-10-3-5-12-6-4-10;10-9(11)12-6-3-7-1-4-8-5-2-7;1-5(2,3-6)4-10-7(8)9;5-4(1-15-6(9)10,2-16-7(11)12)3-17-8(13)14;1-4-2-3-8-5(6)7;3-1-2-7-4(5)6;/h2-8H,9-16H2,1H3;1-9,11H2;1-3,6H,4-5H2,(H,10,12);3-7H2,1-2H3;7-8H,1-6H2;3-4,6H2,1-2H3;1-3,5H2;4H,2-3H2,1H3;1-3H2;1H. The Morgan fingerprint density at radius 2 is 1.01 bits per heavy atom. The molecule has 6 rings (SSSR count). The van der Waals surface area contributed by atoms with Crippen LogP contribution in [0.1, 0.15) is 132 Å². The molecule has 2 aromatic carbocycles. The van der Waals surface area contributed by atoms with Gasteiger partial charge in [0.1, 0.15) is 46.2 Å². The van der Waals surface area contributed by atoms with Gasteiger partial charge in [-0.15, -0.1) is 133 Å². The Morgan fingerprint density at radius 1 is 0.569 bits per heavy atom. The van der Waals surface area contributed by atoms with Crippen molar-refractivity contribution < 1.29 is 128 Å². The molecule has 0 atom stereocenters. The molecule has 3 aliphatic heterocycles. The van der Waals surface area contributed by atoms with Crippen LogP contribution in [0.3, 0.4) is 0 Å². The van der Waals surface area contributed by atoms with Crippen molar-refractivity contribution in [3.05, 3.63) is 220 Å². The average molecular weight is 2080 g/mol. The second kappa shape index (κ2) is 78.2. The van der Waals surface area contributed by atoms with Crippen LogP contribution in [0.2, 0.25) is 10.0 Å². The Morgan fingerprint density at radius 3 is 1.42 bits per heavy atom. The van der Waals surface area contributed by atoms with Crippen LogP contribution < -0.4 is 38.9 Å². The molecule has 11 N–H and O–H groups in total. The number of nitrogens with zero attached hydrogens (tertiary/aromatic N) is 16. The number of carbonyl (C=O) groups is 2. The predicted molar refractivity (Wildman–Crippen MR) is 486 cm³/mol. The van der Waals surface area contributed by atoms with Crippen LogP contribution in [0, 0.1) is 132 Å². The number of rotatable bonds is 57. The fourth-order valence-electron chi connectivity index (χ4n) is 11.0. The van der Waals surface area contributed by atoms with E-state index in [1.165, 1.54) is 6.20 Å². The SMILES string of the molecule is CC(C)(CN)CO[N+](=O)[O-].CC(C)(CN1CCOCC1)SN=O.CN1CCC(CCOC(=O)Cc2ccccc2Cc2c(Cl)cccc2Cl)(SN=O)CC1.CNCCO[N+](=O)[O-].Cl.NC(CCCO[N+](=O)[O-])(CCCO[N+](=O)[O-])CCCO[N+](=O)[O-].NC(CO[N+](=O)[O-])(CO[N+](=O)[O-])CO[N+](=O)[O-].NCCO[N+](=O)[O-].O=C(NCCO[N+](=O)[O-])c1cccnc1.O=[N+]([O-])OCCC1CCNCC1. The summed E-state index contributed by atoms with van der Waals surface area (Å²) < 4.78 is 16.4.